The number of carbonyl (C=O) groups excluding carboxylic acids is 1. The highest BCUT2D eigenvalue weighted by Gasteiger charge is 2.36. The van der Waals surface area contributed by atoms with Gasteiger partial charge in [-0.1, -0.05) is 0 Å². The summed E-state index contributed by atoms with van der Waals surface area (Å²) < 4.78 is 57.3. The number of fused-ring (bicyclic) bond motifs is 1. The van der Waals surface area contributed by atoms with Crippen LogP contribution in [0.2, 0.25) is 0 Å². The molecule has 190 valence electrons. The number of halogens is 4. The number of benzene rings is 2. The number of aliphatic hydroxyl groups is 1. The molecule has 0 radical (unpaired) electrons. The Morgan fingerprint density at radius 1 is 1.22 bits per heavy atom. The molecule has 12 heteroatoms. The van der Waals surface area contributed by atoms with E-state index >= 15 is 0 Å². The lowest BCUT2D eigenvalue weighted by molar-refractivity contribution is -0.137. The van der Waals surface area contributed by atoms with E-state index in [0.717, 1.165) is 17.4 Å². The zero-order valence-corrected chi connectivity index (χ0v) is 20.6. The largest absolute Gasteiger partial charge is 0.418 e. The Morgan fingerprint density at radius 2 is 1.95 bits per heavy atom. The quantitative estimate of drug-likeness (QED) is 0.315. The number of thiophene rings is 1. The van der Waals surface area contributed by atoms with E-state index < -0.39 is 34.5 Å². The summed E-state index contributed by atoms with van der Waals surface area (Å²) >= 11 is 1.08. The molecule has 4 aromatic rings. The first kappa shape index (κ1) is 25.2. The molecule has 5 rings (SSSR count). The highest BCUT2D eigenvalue weighted by Crippen LogP contribution is 2.38. The molecule has 0 bridgehead atoms. The molecule has 0 amide bonds. The molecule has 1 aliphatic rings. The van der Waals surface area contributed by atoms with E-state index in [2.05, 4.69) is 5.10 Å². The predicted octanol–water partition coefficient (Wildman–Crippen LogP) is 3.78. The van der Waals surface area contributed by atoms with Gasteiger partial charge in [0.1, 0.15) is 17.2 Å². The first-order valence-corrected chi connectivity index (χ1v) is 12.3. The lowest BCUT2D eigenvalue weighted by Crippen LogP contribution is -2.48. The standard InChI is InChI=1S/C25H20BF4N3O3S/c1-12-6-14(2-5-18(12)27)21-22-20(16(11-37-22)23(26)35)24(36)33(31-21)19-7-15(32-8-13(9-32)10-34)3-4-17(19)25(28,29)30/h2-7,11,13,34H,8-10,26H2,1H3. The zero-order chi connectivity index (χ0) is 26.6. The first-order chi connectivity index (χ1) is 17.5. The van der Waals surface area contributed by atoms with Crippen LogP contribution in [0.5, 0.6) is 0 Å². The summed E-state index contributed by atoms with van der Waals surface area (Å²) in [5.41, 5.74) is -1.44. The van der Waals surface area contributed by atoms with Gasteiger partial charge in [0, 0.05) is 47.8 Å². The maximum atomic E-state index is 14.1. The Bertz CT molecular complexity index is 1610. The molecule has 1 fully saturated rings. The Balaban J connectivity index is 1.82. The summed E-state index contributed by atoms with van der Waals surface area (Å²) in [5.74, 6) is -0.452. The van der Waals surface area contributed by atoms with Crippen molar-refractivity contribution < 1.29 is 27.5 Å². The lowest BCUT2D eigenvalue weighted by Gasteiger charge is -2.40. The van der Waals surface area contributed by atoms with Gasteiger partial charge in [0.2, 0.25) is 0 Å². The van der Waals surface area contributed by atoms with Gasteiger partial charge in [0.15, 0.2) is 7.85 Å². The van der Waals surface area contributed by atoms with Gasteiger partial charge in [-0.2, -0.15) is 23.0 Å². The zero-order valence-electron chi connectivity index (χ0n) is 19.8. The van der Waals surface area contributed by atoms with Gasteiger partial charge in [0.05, 0.1) is 21.3 Å². The molecule has 0 atom stereocenters. The smallest absolute Gasteiger partial charge is 0.396 e. The van der Waals surface area contributed by atoms with Crippen LogP contribution in [0, 0.1) is 18.7 Å². The Labute approximate surface area is 213 Å². The van der Waals surface area contributed by atoms with Crippen LogP contribution in [-0.2, 0) is 6.18 Å². The van der Waals surface area contributed by atoms with Gasteiger partial charge in [-0.3, -0.25) is 4.79 Å². The highest BCUT2D eigenvalue weighted by molar-refractivity contribution is 7.18. The van der Waals surface area contributed by atoms with Crippen molar-refractivity contribution in [1.29, 1.82) is 0 Å². The number of anilines is 1. The third-order valence-electron chi connectivity index (χ3n) is 6.52. The van der Waals surface area contributed by atoms with Crippen LogP contribution in [0.4, 0.5) is 23.2 Å². The van der Waals surface area contributed by atoms with E-state index in [-0.39, 0.29) is 29.2 Å². The number of aromatic nitrogens is 2. The number of alkyl halides is 3. The summed E-state index contributed by atoms with van der Waals surface area (Å²) in [6.07, 6.45) is -4.79. The minimum Gasteiger partial charge on any atom is -0.396 e. The van der Waals surface area contributed by atoms with Gasteiger partial charge in [-0.05, 0) is 48.9 Å². The second-order valence-electron chi connectivity index (χ2n) is 9.09. The highest BCUT2D eigenvalue weighted by atomic mass is 32.1. The van der Waals surface area contributed by atoms with Gasteiger partial charge < -0.3 is 14.8 Å². The molecule has 2 aromatic carbocycles. The van der Waals surface area contributed by atoms with Gasteiger partial charge in [0.25, 0.3) is 5.56 Å². The SMILES string of the molecule is BC(=O)c1csc2c(-c3ccc(F)c(C)c3)nn(-c3cc(N4CC(CO)C4)ccc3C(F)(F)F)c(=O)c12. The molecular formula is C25H20BF4N3O3S. The number of carbonyl (C=O) groups is 1. The number of rotatable bonds is 5. The normalized spacial score (nSPS) is 14.3. The second kappa shape index (κ2) is 9.11. The third kappa shape index (κ3) is 4.33. The molecule has 0 saturated carbocycles. The molecule has 0 unspecified atom stereocenters. The summed E-state index contributed by atoms with van der Waals surface area (Å²) in [7, 11) is 1.27. The topological polar surface area (TPSA) is 75.4 Å². The molecule has 6 nitrogen and oxygen atoms in total. The summed E-state index contributed by atoms with van der Waals surface area (Å²) in [4.78, 5) is 27.8. The molecule has 37 heavy (non-hydrogen) atoms. The molecule has 1 aliphatic heterocycles. The van der Waals surface area contributed by atoms with Crippen LogP contribution < -0.4 is 10.5 Å². The molecule has 3 heterocycles. The average Bonchev–Trinajstić information content (AvgIpc) is 3.26. The van der Waals surface area contributed by atoms with E-state index in [1.165, 1.54) is 43.6 Å². The van der Waals surface area contributed by atoms with E-state index in [1.54, 1.807) is 11.8 Å². The fourth-order valence-corrected chi connectivity index (χ4v) is 5.58. The second-order valence-corrected chi connectivity index (χ2v) is 9.97. The maximum absolute atomic E-state index is 14.1. The van der Waals surface area contributed by atoms with Crippen LogP contribution in [0.1, 0.15) is 21.5 Å². The van der Waals surface area contributed by atoms with Crippen LogP contribution >= 0.6 is 11.3 Å². The van der Waals surface area contributed by atoms with Gasteiger partial charge in [-0.15, -0.1) is 11.3 Å². The monoisotopic (exact) mass is 529 g/mol. The van der Waals surface area contributed by atoms with Crippen molar-refractivity contribution in [2.24, 2.45) is 5.92 Å². The van der Waals surface area contributed by atoms with Crippen molar-refractivity contribution in [3.8, 4) is 16.9 Å². The van der Waals surface area contributed by atoms with Crippen LogP contribution in [-0.4, -0.2) is 48.1 Å². The van der Waals surface area contributed by atoms with Gasteiger partial charge in [-0.25, -0.2) is 4.39 Å². The van der Waals surface area contributed by atoms with Crippen LogP contribution in [0.3, 0.4) is 0 Å². The Kier molecular flexibility index (Phi) is 6.19. The minimum atomic E-state index is -4.79. The number of aryl methyl sites for hydroxylation is 1. The first-order valence-electron chi connectivity index (χ1n) is 11.4. The van der Waals surface area contributed by atoms with E-state index in [9.17, 15) is 32.3 Å². The van der Waals surface area contributed by atoms with Crippen LogP contribution in [0.25, 0.3) is 27.0 Å². The van der Waals surface area contributed by atoms with Gasteiger partial charge >= 0.3 is 6.18 Å². The van der Waals surface area contributed by atoms with Crippen LogP contribution in [0.15, 0.2) is 46.6 Å². The molecule has 1 N–H and O–H groups in total. The average molecular weight is 529 g/mol. The van der Waals surface area contributed by atoms with Crippen molar-refractivity contribution in [2.45, 2.75) is 13.1 Å². The summed E-state index contributed by atoms with van der Waals surface area (Å²) in [6, 6.07) is 7.61. The maximum Gasteiger partial charge on any atom is 0.418 e. The van der Waals surface area contributed by atoms with Crippen molar-refractivity contribution >= 4 is 40.6 Å². The molecule has 2 aromatic heterocycles. The van der Waals surface area contributed by atoms with E-state index in [0.29, 0.717) is 39.3 Å². The molecule has 1 saturated heterocycles. The number of nitrogens with zero attached hydrogens (tertiary/aromatic N) is 3. The van der Waals surface area contributed by atoms with Crippen molar-refractivity contribution in [2.75, 3.05) is 24.6 Å². The van der Waals surface area contributed by atoms with Crippen molar-refractivity contribution in [1.82, 2.24) is 9.78 Å². The predicted molar refractivity (Wildman–Crippen MR) is 136 cm³/mol. The molecule has 0 spiro atoms. The Hall–Kier alpha value is -3.51. The fourth-order valence-electron chi connectivity index (χ4n) is 4.47. The van der Waals surface area contributed by atoms with Crippen molar-refractivity contribution in [3.05, 3.63) is 74.6 Å². The number of aliphatic hydroxyl groups excluding tert-OH is 1. The summed E-state index contributed by atoms with van der Waals surface area (Å²) in [6.45, 7) is 2.43. The molecule has 0 aliphatic carbocycles. The van der Waals surface area contributed by atoms with E-state index in [1.807, 2.05) is 0 Å². The minimum absolute atomic E-state index is 0.0141. The molecular weight excluding hydrogens is 509 g/mol. The fraction of sp³-hybridized carbons (Fsp3) is 0.240. The lowest BCUT2D eigenvalue weighted by atomic mass is 9.94. The van der Waals surface area contributed by atoms with Crippen molar-refractivity contribution in [3.63, 3.8) is 0 Å². The Morgan fingerprint density at radius 3 is 2.57 bits per heavy atom. The number of hydrogen-bond acceptors (Lipinski definition) is 6. The third-order valence-corrected chi connectivity index (χ3v) is 7.51. The summed E-state index contributed by atoms with van der Waals surface area (Å²) in [5, 5.41) is 15.1. The number of hydrogen-bond donors (Lipinski definition) is 1. The van der Waals surface area contributed by atoms with E-state index in [4.69, 9.17) is 0 Å².